The van der Waals surface area contributed by atoms with Gasteiger partial charge in [-0.05, 0) is 43.1 Å². The van der Waals surface area contributed by atoms with Crippen molar-refractivity contribution in [1.82, 2.24) is 4.90 Å². The van der Waals surface area contributed by atoms with Gasteiger partial charge >= 0.3 is 5.97 Å². The fraction of sp³-hybridized carbons (Fsp3) is 0.368. The molecule has 138 valence electrons. The molecule has 0 atom stereocenters. The van der Waals surface area contributed by atoms with Crippen molar-refractivity contribution < 1.29 is 19.4 Å². The molecule has 0 unspecified atom stereocenters. The van der Waals surface area contributed by atoms with Gasteiger partial charge in [0.05, 0.1) is 5.56 Å². The molecule has 0 fully saturated rings. The summed E-state index contributed by atoms with van der Waals surface area (Å²) in [5.74, 6) is -0.731. The van der Waals surface area contributed by atoms with E-state index >= 15 is 0 Å². The van der Waals surface area contributed by atoms with E-state index in [1.807, 2.05) is 25.2 Å². The van der Waals surface area contributed by atoms with Gasteiger partial charge < -0.3 is 20.1 Å². The lowest BCUT2D eigenvalue weighted by molar-refractivity contribution is -0.118. The summed E-state index contributed by atoms with van der Waals surface area (Å²) in [5, 5.41) is 12.7. The summed E-state index contributed by atoms with van der Waals surface area (Å²) >= 11 is 1.34. The van der Waals surface area contributed by atoms with E-state index < -0.39 is 5.97 Å². The number of carbonyl (C=O) groups is 2. The molecule has 26 heavy (non-hydrogen) atoms. The van der Waals surface area contributed by atoms with Crippen LogP contribution in [0.5, 0.6) is 5.75 Å². The molecule has 1 aliphatic rings. The zero-order valence-electron chi connectivity index (χ0n) is 14.9. The van der Waals surface area contributed by atoms with Crippen molar-refractivity contribution in [3.63, 3.8) is 0 Å². The number of nitrogens with one attached hydrogen (secondary N) is 1. The molecular weight excluding hydrogens is 352 g/mol. The second-order valence-corrected chi connectivity index (χ2v) is 7.44. The van der Waals surface area contributed by atoms with Crippen LogP contribution in [-0.2, 0) is 24.2 Å². The number of benzene rings is 1. The van der Waals surface area contributed by atoms with Gasteiger partial charge in [0, 0.05) is 18.0 Å². The number of hydrogen-bond donors (Lipinski definition) is 2. The first-order valence-corrected chi connectivity index (χ1v) is 9.37. The van der Waals surface area contributed by atoms with Crippen LogP contribution in [0.2, 0.25) is 0 Å². The van der Waals surface area contributed by atoms with E-state index in [0.29, 0.717) is 23.7 Å². The average molecular weight is 374 g/mol. The Morgan fingerprint density at radius 2 is 2.19 bits per heavy atom. The molecule has 2 N–H and O–H groups in total. The summed E-state index contributed by atoms with van der Waals surface area (Å²) in [4.78, 5) is 27.1. The standard InChI is InChI=1S/C19H22N2O4S/c1-3-12-5-4-6-13(9-12)25-11-16(22)20-18-17(19(23)24)14-7-8-21(2)10-15(14)26-18/h4-6,9H,3,7-8,10-11H2,1-2H3,(H,20,22)(H,23,24). The third kappa shape index (κ3) is 4.05. The van der Waals surface area contributed by atoms with Crippen molar-refractivity contribution in [3.05, 3.63) is 45.8 Å². The van der Waals surface area contributed by atoms with Gasteiger partial charge in [-0.25, -0.2) is 4.79 Å². The topological polar surface area (TPSA) is 78.9 Å². The van der Waals surface area contributed by atoms with E-state index in [1.54, 1.807) is 6.07 Å². The Balaban J connectivity index is 1.70. The van der Waals surface area contributed by atoms with Gasteiger partial charge in [0.1, 0.15) is 10.8 Å². The molecule has 1 aromatic carbocycles. The van der Waals surface area contributed by atoms with Crippen LogP contribution in [0.3, 0.4) is 0 Å². The third-order valence-corrected chi connectivity index (χ3v) is 5.52. The highest BCUT2D eigenvalue weighted by atomic mass is 32.1. The minimum atomic E-state index is -1.00. The fourth-order valence-corrected chi connectivity index (χ4v) is 4.35. The van der Waals surface area contributed by atoms with Gasteiger partial charge in [-0.15, -0.1) is 11.3 Å². The first kappa shape index (κ1) is 18.4. The van der Waals surface area contributed by atoms with Crippen molar-refractivity contribution in [1.29, 1.82) is 0 Å². The van der Waals surface area contributed by atoms with Crippen LogP contribution in [0, 0.1) is 0 Å². The third-order valence-electron chi connectivity index (χ3n) is 4.39. The molecule has 1 aromatic heterocycles. The van der Waals surface area contributed by atoms with Gasteiger partial charge in [0.25, 0.3) is 5.91 Å². The molecule has 0 saturated heterocycles. The number of carboxylic acids is 1. The molecule has 0 aliphatic carbocycles. The lowest BCUT2D eigenvalue weighted by Gasteiger charge is -2.22. The van der Waals surface area contributed by atoms with Gasteiger partial charge in [-0.2, -0.15) is 0 Å². The summed E-state index contributed by atoms with van der Waals surface area (Å²) in [6, 6.07) is 7.59. The number of likely N-dealkylation sites (N-methyl/N-ethyl adjacent to an activating group) is 1. The van der Waals surface area contributed by atoms with Crippen LogP contribution < -0.4 is 10.1 Å². The summed E-state index contributed by atoms with van der Waals surface area (Å²) < 4.78 is 5.54. The van der Waals surface area contributed by atoms with Crippen LogP contribution in [0.25, 0.3) is 0 Å². The largest absolute Gasteiger partial charge is 0.484 e. The lowest BCUT2D eigenvalue weighted by Crippen LogP contribution is -2.26. The highest BCUT2D eigenvalue weighted by Crippen LogP contribution is 2.36. The number of aromatic carboxylic acids is 1. The SMILES string of the molecule is CCc1cccc(OCC(=O)Nc2sc3c(c2C(=O)O)CCN(C)C3)c1. The number of rotatable bonds is 6. The van der Waals surface area contributed by atoms with Crippen molar-refractivity contribution in [2.75, 3.05) is 25.5 Å². The Hall–Kier alpha value is -2.38. The van der Waals surface area contributed by atoms with E-state index in [2.05, 4.69) is 17.1 Å². The molecule has 0 radical (unpaired) electrons. The molecule has 0 saturated carbocycles. The monoisotopic (exact) mass is 374 g/mol. The first-order chi connectivity index (χ1) is 12.5. The van der Waals surface area contributed by atoms with E-state index in [9.17, 15) is 14.7 Å². The molecule has 1 amide bonds. The van der Waals surface area contributed by atoms with E-state index in [1.165, 1.54) is 11.3 Å². The van der Waals surface area contributed by atoms with E-state index in [0.717, 1.165) is 29.0 Å². The van der Waals surface area contributed by atoms with E-state index in [-0.39, 0.29) is 18.1 Å². The van der Waals surface area contributed by atoms with Crippen molar-refractivity contribution in [2.45, 2.75) is 26.3 Å². The molecule has 1 aliphatic heterocycles. The molecule has 6 nitrogen and oxygen atoms in total. The number of nitrogens with zero attached hydrogens (tertiary/aromatic N) is 1. The Bertz CT molecular complexity index is 831. The zero-order chi connectivity index (χ0) is 18.7. The van der Waals surface area contributed by atoms with Crippen molar-refractivity contribution >= 4 is 28.2 Å². The Morgan fingerprint density at radius 1 is 1.38 bits per heavy atom. The van der Waals surface area contributed by atoms with Gasteiger partial charge in [0.15, 0.2) is 6.61 Å². The number of thiophene rings is 1. The number of fused-ring (bicyclic) bond motifs is 1. The van der Waals surface area contributed by atoms with Crippen LogP contribution in [0.15, 0.2) is 24.3 Å². The number of carbonyl (C=O) groups excluding carboxylic acids is 1. The predicted molar refractivity (Wildman–Crippen MR) is 101 cm³/mol. The molecule has 0 spiro atoms. The maximum atomic E-state index is 12.3. The number of carboxylic acid groups (broad SMARTS) is 1. The van der Waals surface area contributed by atoms with Crippen LogP contribution in [-0.4, -0.2) is 42.1 Å². The molecule has 2 heterocycles. The fourth-order valence-electron chi connectivity index (χ4n) is 3.01. The summed E-state index contributed by atoms with van der Waals surface area (Å²) in [6.45, 7) is 3.41. The Kier molecular flexibility index (Phi) is 5.58. The van der Waals surface area contributed by atoms with Crippen LogP contribution in [0.1, 0.15) is 33.3 Å². The van der Waals surface area contributed by atoms with E-state index in [4.69, 9.17) is 4.74 Å². The average Bonchev–Trinajstić information content (AvgIpc) is 2.97. The smallest absolute Gasteiger partial charge is 0.339 e. The van der Waals surface area contributed by atoms with Crippen LogP contribution in [0.4, 0.5) is 5.00 Å². The predicted octanol–water partition coefficient (Wildman–Crippen LogP) is 3.01. The summed E-state index contributed by atoms with van der Waals surface area (Å²) in [7, 11) is 2.00. The highest BCUT2D eigenvalue weighted by Gasteiger charge is 2.27. The molecule has 0 bridgehead atoms. The number of anilines is 1. The second-order valence-electron chi connectivity index (χ2n) is 6.34. The quantitative estimate of drug-likeness (QED) is 0.813. The maximum Gasteiger partial charge on any atom is 0.339 e. The minimum Gasteiger partial charge on any atom is -0.484 e. The minimum absolute atomic E-state index is 0.158. The Labute approximate surface area is 156 Å². The molecule has 3 rings (SSSR count). The Morgan fingerprint density at radius 3 is 2.92 bits per heavy atom. The van der Waals surface area contributed by atoms with Gasteiger partial charge in [-0.3, -0.25) is 4.79 Å². The molecular formula is C19H22N2O4S. The molecule has 7 heteroatoms. The number of ether oxygens (including phenoxy) is 1. The normalized spacial score (nSPS) is 13.9. The van der Waals surface area contributed by atoms with Crippen molar-refractivity contribution in [3.8, 4) is 5.75 Å². The van der Waals surface area contributed by atoms with Crippen LogP contribution >= 0.6 is 11.3 Å². The lowest BCUT2D eigenvalue weighted by atomic mass is 10.0. The van der Waals surface area contributed by atoms with Gasteiger partial charge in [0.2, 0.25) is 0 Å². The zero-order valence-corrected chi connectivity index (χ0v) is 15.7. The number of amides is 1. The summed E-state index contributed by atoms with van der Waals surface area (Å²) in [5.41, 5.74) is 2.19. The summed E-state index contributed by atoms with van der Waals surface area (Å²) in [6.07, 6.45) is 1.57. The molecule has 2 aromatic rings. The first-order valence-electron chi connectivity index (χ1n) is 8.56. The number of hydrogen-bond acceptors (Lipinski definition) is 5. The van der Waals surface area contributed by atoms with Gasteiger partial charge in [-0.1, -0.05) is 19.1 Å². The van der Waals surface area contributed by atoms with Crippen molar-refractivity contribution in [2.24, 2.45) is 0 Å². The highest BCUT2D eigenvalue weighted by molar-refractivity contribution is 7.17. The second kappa shape index (κ2) is 7.88. The maximum absolute atomic E-state index is 12.3. The number of aryl methyl sites for hydroxylation is 1.